The van der Waals surface area contributed by atoms with Crippen molar-refractivity contribution in [3.8, 4) is 5.75 Å². The Morgan fingerprint density at radius 1 is 1.44 bits per heavy atom. The summed E-state index contributed by atoms with van der Waals surface area (Å²) in [5.41, 5.74) is 1.23. The Labute approximate surface area is 109 Å². The molecular weight excluding hydrogens is 226 g/mol. The molecule has 0 saturated carbocycles. The van der Waals surface area contributed by atoms with Crippen LogP contribution in [0.1, 0.15) is 24.8 Å². The summed E-state index contributed by atoms with van der Waals surface area (Å²) < 4.78 is 5.73. The number of hydrogen-bond acceptors (Lipinski definition) is 3. The van der Waals surface area contributed by atoms with Crippen LogP contribution in [0.15, 0.2) is 24.3 Å². The Morgan fingerprint density at radius 3 is 3.11 bits per heavy atom. The molecule has 1 N–H and O–H groups in total. The first-order chi connectivity index (χ1) is 8.79. The quantitative estimate of drug-likeness (QED) is 0.785. The average Bonchev–Trinajstić information content (AvgIpc) is 2.82. The summed E-state index contributed by atoms with van der Waals surface area (Å²) in [5, 5.41) is 9.23. The number of likely N-dealkylation sites (tertiary alicyclic amines) is 1. The van der Waals surface area contributed by atoms with E-state index >= 15 is 0 Å². The fourth-order valence-electron chi connectivity index (χ4n) is 2.56. The topological polar surface area (TPSA) is 32.7 Å². The van der Waals surface area contributed by atoms with E-state index in [1.165, 1.54) is 12.0 Å². The van der Waals surface area contributed by atoms with Crippen LogP contribution in [-0.2, 0) is 0 Å². The van der Waals surface area contributed by atoms with Gasteiger partial charge in [0, 0.05) is 12.6 Å². The third-order valence-electron chi connectivity index (χ3n) is 3.56. The predicted octanol–water partition coefficient (Wildman–Crippen LogP) is 2.22. The van der Waals surface area contributed by atoms with Gasteiger partial charge < -0.3 is 9.84 Å². The minimum Gasteiger partial charge on any atom is -0.494 e. The van der Waals surface area contributed by atoms with Crippen molar-refractivity contribution < 1.29 is 9.84 Å². The molecule has 2 rings (SSSR count). The number of aryl methyl sites for hydroxylation is 1. The maximum Gasteiger partial charge on any atom is 0.119 e. The summed E-state index contributed by atoms with van der Waals surface area (Å²) in [6.07, 6.45) is 3.36. The second kappa shape index (κ2) is 6.76. The lowest BCUT2D eigenvalue weighted by molar-refractivity contribution is 0.150. The van der Waals surface area contributed by atoms with Crippen molar-refractivity contribution in [2.75, 3.05) is 26.3 Å². The van der Waals surface area contributed by atoms with Gasteiger partial charge in [0.1, 0.15) is 5.75 Å². The lowest BCUT2D eigenvalue weighted by Gasteiger charge is -2.22. The van der Waals surface area contributed by atoms with Gasteiger partial charge in [-0.05, 0) is 50.4 Å². The zero-order valence-corrected chi connectivity index (χ0v) is 11.1. The van der Waals surface area contributed by atoms with E-state index in [9.17, 15) is 5.11 Å². The third kappa shape index (κ3) is 3.72. The van der Waals surface area contributed by atoms with Gasteiger partial charge in [-0.1, -0.05) is 12.1 Å². The highest BCUT2D eigenvalue weighted by atomic mass is 16.5. The molecule has 1 aromatic rings. The van der Waals surface area contributed by atoms with Crippen LogP contribution in [0.3, 0.4) is 0 Å². The molecule has 0 aromatic heterocycles. The standard InChI is InChI=1S/C15H23NO2/c1-13-5-2-7-15(11-13)18-10-4-9-16-8-3-6-14(16)12-17/h2,5,7,11,14,17H,3-4,6,8-10,12H2,1H3. The SMILES string of the molecule is Cc1cccc(OCCCN2CCCC2CO)c1. The molecule has 0 amide bonds. The van der Waals surface area contributed by atoms with Crippen molar-refractivity contribution >= 4 is 0 Å². The van der Waals surface area contributed by atoms with Crippen molar-refractivity contribution in [3.63, 3.8) is 0 Å². The van der Waals surface area contributed by atoms with Crippen LogP contribution in [0, 0.1) is 6.92 Å². The van der Waals surface area contributed by atoms with Gasteiger partial charge in [0.2, 0.25) is 0 Å². The monoisotopic (exact) mass is 249 g/mol. The largest absolute Gasteiger partial charge is 0.494 e. The van der Waals surface area contributed by atoms with Crippen LogP contribution in [0.2, 0.25) is 0 Å². The van der Waals surface area contributed by atoms with Crippen molar-refractivity contribution in [2.45, 2.75) is 32.2 Å². The molecule has 1 unspecified atom stereocenters. The van der Waals surface area contributed by atoms with Crippen LogP contribution < -0.4 is 4.74 Å². The van der Waals surface area contributed by atoms with Crippen LogP contribution in [0.5, 0.6) is 5.75 Å². The normalized spacial score (nSPS) is 20.2. The van der Waals surface area contributed by atoms with Crippen molar-refractivity contribution in [3.05, 3.63) is 29.8 Å². The molecule has 0 spiro atoms. The molecule has 1 aliphatic rings. The van der Waals surface area contributed by atoms with Gasteiger partial charge in [-0.2, -0.15) is 0 Å². The van der Waals surface area contributed by atoms with Crippen molar-refractivity contribution in [1.82, 2.24) is 4.90 Å². The number of aliphatic hydroxyl groups excluding tert-OH is 1. The summed E-state index contributed by atoms with van der Waals surface area (Å²) in [5.74, 6) is 0.954. The minimum atomic E-state index is 0.290. The van der Waals surface area contributed by atoms with E-state index in [2.05, 4.69) is 24.0 Å². The Kier molecular flexibility index (Phi) is 5.02. The number of nitrogens with zero attached hydrogens (tertiary/aromatic N) is 1. The Bertz CT molecular complexity index is 367. The van der Waals surface area contributed by atoms with Crippen LogP contribution in [-0.4, -0.2) is 42.4 Å². The number of aliphatic hydroxyl groups is 1. The van der Waals surface area contributed by atoms with E-state index < -0.39 is 0 Å². The van der Waals surface area contributed by atoms with Gasteiger partial charge in [0.05, 0.1) is 13.2 Å². The molecule has 100 valence electrons. The second-order valence-electron chi connectivity index (χ2n) is 5.03. The highest BCUT2D eigenvalue weighted by Gasteiger charge is 2.22. The Hall–Kier alpha value is -1.06. The van der Waals surface area contributed by atoms with E-state index in [1.807, 2.05) is 12.1 Å². The van der Waals surface area contributed by atoms with Gasteiger partial charge >= 0.3 is 0 Å². The lowest BCUT2D eigenvalue weighted by atomic mass is 10.2. The lowest BCUT2D eigenvalue weighted by Crippen LogP contribution is -2.33. The Balaban J connectivity index is 1.67. The summed E-state index contributed by atoms with van der Waals surface area (Å²) in [7, 11) is 0. The molecule has 3 nitrogen and oxygen atoms in total. The maximum absolute atomic E-state index is 9.23. The molecule has 1 aromatic carbocycles. The highest BCUT2D eigenvalue weighted by molar-refractivity contribution is 5.27. The number of benzene rings is 1. The van der Waals surface area contributed by atoms with Gasteiger partial charge in [-0.15, -0.1) is 0 Å². The molecule has 1 aliphatic heterocycles. The number of ether oxygens (including phenoxy) is 1. The fourth-order valence-corrected chi connectivity index (χ4v) is 2.56. The van der Waals surface area contributed by atoms with Crippen molar-refractivity contribution in [2.24, 2.45) is 0 Å². The first-order valence-corrected chi connectivity index (χ1v) is 6.84. The smallest absolute Gasteiger partial charge is 0.119 e. The zero-order valence-electron chi connectivity index (χ0n) is 11.1. The average molecular weight is 249 g/mol. The molecule has 1 heterocycles. The molecule has 1 fully saturated rings. The first-order valence-electron chi connectivity index (χ1n) is 6.84. The van der Waals surface area contributed by atoms with Crippen LogP contribution >= 0.6 is 0 Å². The van der Waals surface area contributed by atoms with Crippen LogP contribution in [0.25, 0.3) is 0 Å². The van der Waals surface area contributed by atoms with Crippen LogP contribution in [0.4, 0.5) is 0 Å². The maximum atomic E-state index is 9.23. The number of rotatable bonds is 6. The molecule has 1 saturated heterocycles. The van der Waals surface area contributed by atoms with Gasteiger partial charge in [0.25, 0.3) is 0 Å². The van der Waals surface area contributed by atoms with E-state index in [-0.39, 0.29) is 0 Å². The molecule has 0 radical (unpaired) electrons. The summed E-state index contributed by atoms with van der Waals surface area (Å²) in [6.45, 7) is 5.26. The third-order valence-corrected chi connectivity index (χ3v) is 3.56. The highest BCUT2D eigenvalue weighted by Crippen LogP contribution is 2.17. The summed E-state index contributed by atoms with van der Waals surface area (Å²) in [6, 6.07) is 8.53. The summed E-state index contributed by atoms with van der Waals surface area (Å²) in [4.78, 5) is 2.37. The molecule has 1 atom stereocenters. The van der Waals surface area contributed by atoms with E-state index in [0.29, 0.717) is 12.6 Å². The molecule has 18 heavy (non-hydrogen) atoms. The molecule has 0 aliphatic carbocycles. The van der Waals surface area contributed by atoms with Gasteiger partial charge in [0.15, 0.2) is 0 Å². The molecule has 3 heteroatoms. The van der Waals surface area contributed by atoms with E-state index in [4.69, 9.17) is 4.74 Å². The van der Waals surface area contributed by atoms with E-state index in [1.54, 1.807) is 0 Å². The minimum absolute atomic E-state index is 0.290. The molecule has 0 bridgehead atoms. The Morgan fingerprint density at radius 2 is 2.33 bits per heavy atom. The number of hydrogen-bond donors (Lipinski definition) is 1. The van der Waals surface area contributed by atoms with E-state index in [0.717, 1.165) is 38.3 Å². The first kappa shape index (κ1) is 13.4. The van der Waals surface area contributed by atoms with Gasteiger partial charge in [-0.3, -0.25) is 4.90 Å². The van der Waals surface area contributed by atoms with Gasteiger partial charge in [-0.25, -0.2) is 0 Å². The molecular formula is C15H23NO2. The van der Waals surface area contributed by atoms with Crippen molar-refractivity contribution in [1.29, 1.82) is 0 Å². The summed E-state index contributed by atoms with van der Waals surface area (Å²) >= 11 is 0. The second-order valence-corrected chi connectivity index (χ2v) is 5.03. The zero-order chi connectivity index (χ0) is 12.8. The fraction of sp³-hybridized carbons (Fsp3) is 0.600. The predicted molar refractivity (Wildman–Crippen MR) is 73.0 cm³/mol.